The Hall–Kier alpha value is -1.82. The number of amides is 1. The van der Waals surface area contributed by atoms with Crippen LogP contribution in [0.25, 0.3) is 3.58 Å². The molecule has 0 atom stereocenters. The van der Waals surface area contributed by atoms with Crippen LogP contribution >= 0.6 is 22.6 Å². The smallest absolute Gasteiger partial charge is 0.411 e. The summed E-state index contributed by atoms with van der Waals surface area (Å²) < 4.78 is 6.61. The van der Waals surface area contributed by atoms with Gasteiger partial charge in [-0.05, 0) is 47.6 Å². The van der Waals surface area contributed by atoms with Crippen LogP contribution in [-0.4, -0.2) is 16.5 Å². The summed E-state index contributed by atoms with van der Waals surface area (Å²) >= 11 is 2.26. The van der Waals surface area contributed by atoms with Gasteiger partial charge in [-0.2, -0.15) is 0 Å². The Morgan fingerprint density at radius 2 is 1.61 bits per heavy atom. The molecule has 4 heteroatoms. The Morgan fingerprint density at radius 1 is 1.04 bits per heavy atom. The fourth-order valence-electron chi connectivity index (χ4n) is 2.68. The molecular weight excluding hydrogens is 401 g/mol. The van der Waals surface area contributed by atoms with Crippen LogP contribution in [0.15, 0.2) is 66.4 Å². The fourth-order valence-corrected chi connectivity index (χ4v) is 3.80. The van der Waals surface area contributed by atoms with Crippen molar-refractivity contribution in [2.24, 2.45) is 0 Å². The number of cyclic esters (lactones) is 1. The van der Waals surface area contributed by atoms with Gasteiger partial charge in [0.2, 0.25) is 0 Å². The summed E-state index contributed by atoms with van der Waals surface area (Å²) in [5.74, 6) is 0.713. The second kappa shape index (κ2) is 6.35. The van der Waals surface area contributed by atoms with Crippen molar-refractivity contribution >= 4 is 32.3 Å². The topological polar surface area (TPSA) is 29.5 Å². The number of halogens is 1. The maximum atomic E-state index is 12.4. The molecule has 0 spiro atoms. The molecule has 0 radical (unpaired) electrons. The van der Waals surface area contributed by atoms with Gasteiger partial charge in [-0.3, -0.25) is 4.90 Å². The Balaban J connectivity index is 1.95. The van der Waals surface area contributed by atoms with Crippen LogP contribution in [0.1, 0.15) is 25.0 Å². The molecular formula is C19H18INO2. The van der Waals surface area contributed by atoms with Crippen molar-refractivity contribution < 1.29 is 9.53 Å². The summed E-state index contributed by atoms with van der Waals surface area (Å²) in [6.07, 6.45) is -0.293. The predicted molar refractivity (Wildman–Crippen MR) is 99.9 cm³/mol. The first-order valence-electron chi connectivity index (χ1n) is 7.49. The number of carbonyl (C=O) groups is 1. The second-order valence-corrected chi connectivity index (χ2v) is 7.09. The van der Waals surface area contributed by atoms with Gasteiger partial charge in [-0.15, -0.1) is 0 Å². The molecule has 1 aliphatic heterocycles. The van der Waals surface area contributed by atoms with E-state index in [2.05, 4.69) is 22.6 Å². The minimum absolute atomic E-state index is 0.293. The van der Waals surface area contributed by atoms with Crippen molar-refractivity contribution in [2.45, 2.75) is 25.9 Å². The number of nitrogens with zero attached hydrogens (tertiary/aromatic N) is 1. The number of hydrogen-bond acceptors (Lipinski definition) is 2. The quantitative estimate of drug-likeness (QED) is 0.639. The lowest BCUT2D eigenvalue weighted by molar-refractivity contribution is 0.154. The maximum Gasteiger partial charge on any atom is 0.416 e. The van der Waals surface area contributed by atoms with Crippen LogP contribution in [0.2, 0.25) is 0 Å². The molecule has 0 aromatic heterocycles. The lowest BCUT2D eigenvalue weighted by atomic mass is 9.98. The van der Waals surface area contributed by atoms with Gasteiger partial charge in [0, 0.05) is 0 Å². The van der Waals surface area contributed by atoms with E-state index in [9.17, 15) is 4.79 Å². The highest BCUT2D eigenvalue weighted by Gasteiger charge is 2.46. The average Bonchev–Trinajstić information content (AvgIpc) is 2.79. The highest BCUT2D eigenvalue weighted by molar-refractivity contribution is 14.1. The number of carbonyl (C=O) groups excluding carboxylic acids is 1. The molecule has 1 heterocycles. The van der Waals surface area contributed by atoms with E-state index in [0.717, 1.165) is 14.7 Å². The van der Waals surface area contributed by atoms with E-state index in [-0.39, 0.29) is 6.09 Å². The molecule has 0 saturated carbocycles. The Morgan fingerprint density at radius 3 is 2.22 bits per heavy atom. The summed E-state index contributed by atoms with van der Waals surface area (Å²) in [6, 6.07) is 20.0. The molecule has 3 nitrogen and oxygen atoms in total. The lowest BCUT2D eigenvalue weighted by Crippen LogP contribution is -2.40. The lowest BCUT2D eigenvalue weighted by Gasteiger charge is -2.29. The van der Waals surface area contributed by atoms with Crippen molar-refractivity contribution in [2.75, 3.05) is 0 Å². The fraction of sp³-hybridized carbons (Fsp3) is 0.211. The molecule has 1 saturated heterocycles. The normalized spacial score (nSPS) is 18.7. The highest BCUT2D eigenvalue weighted by Crippen LogP contribution is 2.41. The minimum Gasteiger partial charge on any atom is -0.411 e. The Labute approximate surface area is 150 Å². The molecule has 118 valence electrons. The van der Waals surface area contributed by atoms with E-state index >= 15 is 0 Å². The maximum absolute atomic E-state index is 12.4. The molecule has 3 rings (SSSR count). The molecule has 0 N–H and O–H groups in total. The van der Waals surface area contributed by atoms with Crippen LogP contribution in [0.5, 0.6) is 0 Å². The van der Waals surface area contributed by atoms with Crippen LogP contribution in [-0.2, 0) is 11.3 Å². The van der Waals surface area contributed by atoms with Gasteiger partial charge in [0.05, 0.1) is 10.1 Å². The van der Waals surface area contributed by atoms with E-state index in [1.54, 1.807) is 4.90 Å². The first-order valence-corrected chi connectivity index (χ1v) is 8.57. The molecule has 23 heavy (non-hydrogen) atoms. The van der Waals surface area contributed by atoms with Crippen LogP contribution in [0.3, 0.4) is 0 Å². The Kier molecular flexibility index (Phi) is 4.43. The molecule has 0 unspecified atom stereocenters. The Bertz CT molecular complexity index is 738. The van der Waals surface area contributed by atoms with E-state index in [1.807, 2.05) is 74.5 Å². The zero-order chi connectivity index (χ0) is 16.4. The third-order valence-electron chi connectivity index (χ3n) is 4.05. The van der Waals surface area contributed by atoms with Crippen molar-refractivity contribution in [3.63, 3.8) is 0 Å². The van der Waals surface area contributed by atoms with E-state index < -0.39 is 5.54 Å². The van der Waals surface area contributed by atoms with Gasteiger partial charge in [-0.25, -0.2) is 4.79 Å². The molecule has 1 amide bonds. The second-order valence-electron chi connectivity index (χ2n) is 6.01. The molecule has 1 fully saturated rings. The number of ether oxygens (including phenoxy) is 1. The number of hydrogen-bond donors (Lipinski definition) is 0. The van der Waals surface area contributed by atoms with Crippen molar-refractivity contribution in [1.82, 2.24) is 4.90 Å². The molecule has 2 aromatic carbocycles. The average molecular weight is 419 g/mol. The summed E-state index contributed by atoms with van der Waals surface area (Å²) in [5, 5.41) is 0. The van der Waals surface area contributed by atoms with E-state index in [1.165, 1.54) is 0 Å². The summed E-state index contributed by atoms with van der Waals surface area (Å²) in [5.41, 5.74) is 1.67. The molecule has 0 bridgehead atoms. The molecule has 2 aromatic rings. The van der Waals surface area contributed by atoms with Crippen molar-refractivity contribution in [3.05, 3.63) is 77.5 Å². The van der Waals surface area contributed by atoms with Gasteiger partial charge < -0.3 is 4.74 Å². The summed E-state index contributed by atoms with van der Waals surface area (Å²) in [6.45, 7) is 4.59. The van der Waals surface area contributed by atoms with Gasteiger partial charge in [0.1, 0.15) is 11.3 Å². The first kappa shape index (κ1) is 16.1. The number of rotatable bonds is 3. The van der Waals surface area contributed by atoms with Crippen LogP contribution in [0.4, 0.5) is 4.79 Å². The van der Waals surface area contributed by atoms with Gasteiger partial charge in [0.25, 0.3) is 0 Å². The standard InChI is InChI=1S/C19H18INO2/c1-19(2)17(16(20)15-11-7-4-8-12-15)23-18(22)21(19)13-14-9-5-3-6-10-14/h3-12H,13H2,1-2H3/b17-16+. The monoisotopic (exact) mass is 419 g/mol. The molecule has 1 aliphatic rings. The van der Waals surface area contributed by atoms with Crippen molar-refractivity contribution in [1.29, 1.82) is 0 Å². The zero-order valence-electron chi connectivity index (χ0n) is 13.1. The zero-order valence-corrected chi connectivity index (χ0v) is 15.3. The van der Waals surface area contributed by atoms with Gasteiger partial charge >= 0.3 is 6.09 Å². The summed E-state index contributed by atoms with van der Waals surface area (Å²) in [4.78, 5) is 14.2. The van der Waals surface area contributed by atoms with Crippen molar-refractivity contribution in [3.8, 4) is 0 Å². The number of benzene rings is 2. The van der Waals surface area contributed by atoms with Crippen LogP contribution < -0.4 is 0 Å². The van der Waals surface area contributed by atoms with Gasteiger partial charge in [0.15, 0.2) is 0 Å². The first-order chi connectivity index (χ1) is 11.0. The van der Waals surface area contributed by atoms with Crippen LogP contribution in [0, 0.1) is 0 Å². The third kappa shape index (κ3) is 3.13. The summed E-state index contributed by atoms with van der Waals surface area (Å²) in [7, 11) is 0. The van der Waals surface area contributed by atoms with E-state index in [4.69, 9.17) is 4.74 Å². The third-order valence-corrected chi connectivity index (χ3v) is 5.16. The largest absolute Gasteiger partial charge is 0.416 e. The van der Waals surface area contributed by atoms with E-state index in [0.29, 0.717) is 12.3 Å². The SMILES string of the molecule is CC1(C)/C(=C(\I)c2ccccc2)OC(=O)N1Cc1ccccc1. The van der Waals surface area contributed by atoms with Gasteiger partial charge in [-0.1, -0.05) is 60.7 Å². The minimum atomic E-state index is -0.487. The highest BCUT2D eigenvalue weighted by atomic mass is 127. The molecule has 0 aliphatic carbocycles. The predicted octanol–water partition coefficient (Wildman–Crippen LogP) is 5.22.